The second kappa shape index (κ2) is 6.61. The van der Waals surface area contributed by atoms with Gasteiger partial charge in [0.15, 0.2) is 0 Å². The van der Waals surface area contributed by atoms with Crippen molar-refractivity contribution in [2.45, 2.75) is 64.1 Å². The van der Waals surface area contributed by atoms with Crippen LogP contribution in [0.4, 0.5) is 0 Å². The van der Waals surface area contributed by atoms with Crippen LogP contribution in [0.25, 0.3) is 0 Å². The van der Waals surface area contributed by atoms with Crippen LogP contribution < -0.4 is 5.32 Å². The lowest BCUT2D eigenvalue weighted by Gasteiger charge is -2.37. The van der Waals surface area contributed by atoms with E-state index < -0.39 is 0 Å². The maximum Gasteiger partial charge on any atom is 0.240 e. The number of nitrogens with one attached hydrogen (secondary N) is 1. The molecule has 1 fully saturated rings. The Morgan fingerprint density at radius 3 is 2.62 bits per heavy atom. The van der Waals surface area contributed by atoms with Gasteiger partial charge in [-0.15, -0.1) is 0 Å². The smallest absolute Gasteiger partial charge is 0.240 e. The Morgan fingerprint density at radius 2 is 1.90 bits per heavy atom. The van der Waals surface area contributed by atoms with Gasteiger partial charge in [-0.05, 0) is 37.3 Å². The molecule has 3 rings (SSSR count). The number of amides is 1. The Bertz CT molecular complexity index is 494. The third-order valence-electron chi connectivity index (χ3n) is 5.02. The number of nitrogens with zero attached hydrogens (tertiary/aromatic N) is 1. The fourth-order valence-corrected chi connectivity index (χ4v) is 3.82. The molecule has 1 N–H and O–H groups in total. The normalized spacial score (nSPS) is 22.6. The van der Waals surface area contributed by atoms with Crippen LogP contribution in [-0.2, 0) is 17.8 Å². The van der Waals surface area contributed by atoms with Gasteiger partial charge in [-0.1, -0.05) is 43.5 Å². The quantitative estimate of drug-likeness (QED) is 0.926. The van der Waals surface area contributed by atoms with Gasteiger partial charge in [0.25, 0.3) is 0 Å². The number of likely N-dealkylation sites (N-methyl/N-ethyl adjacent to an activating group) is 1. The lowest BCUT2D eigenvalue weighted by Crippen LogP contribution is -2.52. The highest BCUT2D eigenvalue weighted by atomic mass is 16.2. The number of carbonyl (C=O) groups excluding carboxylic acids is 1. The molecular formula is C18H26N2O. The van der Waals surface area contributed by atoms with Crippen LogP contribution in [0.1, 0.15) is 50.2 Å². The Labute approximate surface area is 127 Å². The Kier molecular flexibility index (Phi) is 4.59. The largest absolute Gasteiger partial charge is 0.339 e. The standard InChI is InChI=1S/C18H26N2O/c1-2-20(16-10-4-3-5-11-16)18(21)17-12-14-8-6-7-9-15(14)13-19-17/h6-9,16-17,19H,2-5,10-13H2,1H3/t17-/m1/s1. The summed E-state index contributed by atoms with van der Waals surface area (Å²) in [5.41, 5.74) is 2.66. The number of carbonyl (C=O) groups is 1. The number of fused-ring (bicyclic) bond motifs is 1. The van der Waals surface area contributed by atoms with Gasteiger partial charge in [-0.3, -0.25) is 4.79 Å². The van der Waals surface area contributed by atoms with E-state index >= 15 is 0 Å². The minimum absolute atomic E-state index is 0.0400. The maximum absolute atomic E-state index is 12.9. The lowest BCUT2D eigenvalue weighted by atomic mass is 9.91. The van der Waals surface area contributed by atoms with Crippen LogP contribution in [0.5, 0.6) is 0 Å². The van der Waals surface area contributed by atoms with Crippen LogP contribution >= 0.6 is 0 Å². The summed E-state index contributed by atoms with van der Waals surface area (Å²) in [5.74, 6) is 0.305. The fraction of sp³-hybridized carbons (Fsp3) is 0.611. The molecule has 1 atom stereocenters. The van der Waals surface area contributed by atoms with Crippen molar-refractivity contribution in [1.82, 2.24) is 10.2 Å². The third-order valence-corrected chi connectivity index (χ3v) is 5.02. The summed E-state index contributed by atoms with van der Waals surface area (Å²) in [5, 5.41) is 3.44. The van der Waals surface area contributed by atoms with E-state index in [-0.39, 0.29) is 6.04 Å². The van der Waals surface area contributed by atoms with E-state index in [9.17, 15) is 4.79 Å². The van der Waals surface area contributed by atoms with Gasteiger partial charge in [-0.25, -0.2) is 0 Å². The second-order valence-electron chi connectivity index (χ2n) is 6.32. The van der Waals surface area contributed by atoms with Crippen molar-refractivity contribution in [3.63, 3.8) is 0 Å². The molecule has 0 radical (unpaired) electrons. The molecule has 1 amide bonds. The van der Waals surface area contributed by atoms with Crippen LogP contribution in [-0.4, -0.2) is 29.4 Å². The summed E-state index contributed by atoms with van der Waals surface area (Å²) >= 11 is 0. The molecule has 3 heteroatoms. The van der Waals surface area contributed by atoms with Crippen LogP contribution in [0, 0.1) is 0 Å². The molecule has 1 aliphatic carbocycles. The average molecular weight is 286 g/mol. The first-order valence-electron chi connectivity index (χ1n) is 8.40. The molecule has 0 spiro atoms. The Hall–Kier alpha value is -1.35. The molecule has 1 heterocycles. The van der Waals surface area contributed by atoms with Gasteiger partial charge in [0.2, 0.25) is 5.91 Å². The zero-order chi connectivity index (χ0) is 14.7. The van der Waals surface area contributed by atoms with E-state index in [1.54, 1.807) is 0 Å². The van der Waals surface area contributed by atoms with Gasteiger partial charge in [0.05, 0.1) is 6.04 Å². The average Bonchev–Trinajstić information content (AvgIpc) is 2.56. The van der Waals surface area contributed by atoms with Gasteiger partial charge < -0.3 is 10.2 Å². The van der Waals surface area contributed by atoms with E-state index in [1.807, 2.05) is 0 Å². The van der Waals surface area contributed by atoms with Gasteiger partial charge in [0.1, 0.15) is 0 Å². The highest BCUT2D eigenvalue weighted by Gasteiger charge is 2.31. The highest BCUT2D eigenvalue weighted by Crippen LogP contribution is 2.24. The summed E-state index contributed by atoms with van der Waals surface area (Å²) < 4.78 is 0. The molecule has 2 aliphatic rings. The van der Waals surface area contributed by atoms with Crippen molar-refractivity contribution in [1.29, 1.82) is 0 Å². The first-order chi connectivity index (χ1) is 10.3. The van der Waals surface area contributed by atoms with Crippen molar-refractivity contribution >= 4 is 5.91 Å². The van der Waals surface area contributed by atoms with Crippen molar-refractivity contribution in [3.05, 3.63) is 35.4 Å². The molecule has 3 nitrogen and oxygen atoms in total. The number of rotatable bonds is 3. The molecule has 114 valence electrons. The third kappa shape index (κ3) is 3.13. The summed E-state index contributed by atoms with van der Waals surface area (Å²) in [4.78, 5) is 15.0. The number of hydrogen-bond donors (Lipinski definition) is 1. The highest BCUT2D eigenvalue weighted by molar-refractivity contribution is 5.83. The zero-order valence-electron chi connectivity index (χ0n) is 13.0. The molecule has 0 aromatic heterocycles. The molecule has 0 unspecified atom stereocenters. The SMILES string of the molecule is CCN(C(=O)[C@H]1Cc2ccccc2CN1)C1CCCCC1. The predicted octanol–water partition coefficient (Wildman–Crippen LogP) is 2.88. The molecule has 1 aromatic carbocycles. The van der Waals surface area contributed by atoms with E-state index in [1.165, 1.54) is 43.2 Å². The molecule has 1 aromatic rings. The lowest BCUT2D eigenvalue weighted by molar-refractivity contribution is -0.136. The molecule has 0 bridgehead atoms. The summed E-state index contributed by atoms with van der Waals surface area (Å²) in [7, 11) is 0. The minimum Gasteiger partial charge on any atom is -0.339 e. The fourth-order valence-electron chi connectivity index (χ4n) is 3.82. The monoisotopic (exact) mass is 286 g/mol. The molecule has 0 saturated heterocycles. The summed E-state index contributed by atoms with van der Waals surface area (Å²) in [6.45, 7) is 3.77. The Balaban J connectivity index is 1.69. The van der Waals surface area contributed by atoms with E-state index in [0.29, 0.717) is 11.9 Å². The van der Waals surface area contributed by atoms with Crippen molar-refractivity contribution in [2.75, 3.05) is 6.54 Å². The first kappa shape index (κ1) is 14.6. The van der Waals surface area contributed by atoms with Crippen molar-refractivity contribution < 1.29 is 4.79 Å². The molecule has 1 aliphatic heterocycles. The van der Waals surface area contributed by atoms with E-state index in [2.05, 4.69) is 41.4 Å². The topological polar surface area (TPSA) is 32.3 Å². The predicted molar refractivity (Wildman–Crippen MR) is 85.0 cm³/mol. The molecular weight excluding hydrogens is 260 g/mol. The van der Waals surface area contributed by atoms with Crippen LogP contribution in [0.2, 0.25) is 0 Å². The van der Waals surface area contributed by atoms with Gasteiger partial charge in [0, 0.05) is 19.1 Å². The van der Waals surface area contributed by atoms with Crippen molar-refractivity contribution in [3.8, 4) is 0 Å². The Morgan fingerprint density at radius 1 is 1.19 bits per heavy atom. The second-order valence-corrected chi connectivity index (χ2v) is 6.32. The zero-order valence-corrected chi connectivity index (χ0v) is 13.0. The van der Waals surface area contributed by atoms with Gasteiger partial charge >= 0.3 is 0 Å². The minimum atomic E-state index is -0.0400. The summed E-state index contributed by atoms with van der Waals surface area (Å²) in [6.07, 6.45) is 7.08. The molecule has 1 saturated carbocycles. The van der Waals surface area contributed by atoms with E-state index in [0.717, 1.165) is 19.5 Å². The number of hydrogen-bond acceptors (Lipinski definition) is 2. The number of benzene rings is 1. The first-order valence-corrected chi connectivity index (χ1v) is 8.40. The van der Waals surface area contributed by atoms with Gasteiger partial charge in [-0.2, -0.15) is 0 Å². The molecule has 21 heavy (non-hydrogen) atoms. The summed E-state index contributed by atoms with van der Waals surface area (Å²) in [6, 6.07) is 8.89. The van der Waals surface area contributed by atoms with Crippen LogP contribution in [0.15, 0.2) is 24.3 Å². The maximum atomic E-state index is 12.9. The van der Waals surface area contributed by atoms with Crippen molar-refractivity contribution in [2.24, 2.45) is 0 Å². The van der Waals surface area contributed by atoms with E-state index in [4.69, 9.17) is 0 Å². The van der Waals surface area contributed by atoms with Crippen LogP contribution in [0.3, 0.4) is 0 Å².